The molecule has 1 aromatic carbocycles. The number of hydrogen-bond donors (Lipinski definition) is 1. The van der Waals surface area contributed by atoms with Crippen molar-refractivity contribution in [3.8, 4) is 11.4 Å². The van der Waals surface area contributed by atoms with Crippen LogP contribution in [0.5, 0.6) is 0 Å². The predicted octanol–water partition coefficient (Wildman–Crippen LogP) is 1.88. The molecule has 0 spiro atoms. The molecule has 2 heterocycles. The van der Waals surface area contributed by atoms with Gasteiger partial charge in [0.05, 0.1) is 5.56 Å². The number of aromatic nitrogens is 3. The van der Waals surface area contributed by atoms with Crippen molar-refractivity contribution in [2.45, 2.75) is 32.4 Å². The number of benzene rings is 1. The Labute approximate surface area is 105 Å². The highest BCUT2D eigenvalue weighted by molar-refractivity contribution is 5.56. The van der Waals surface area contributed by atoms with E-state index in [-0.39, 0.29) is 5.82 Å². The number of fused-ring (bicyclic) bond motifs is 1. The summed E-state index contributed by atoms with van der Waals surface area (Å²) in [5, 5.41) is 4.37. The zero-order chi connectivity index (χ0) is 12.5. The predicted molar refractivity (Wildman–Crippen MR) is 66.2 cm³/mol. The van der Waals surface area contributed by atoms with E-state index in [1.165, 1.54) is 6.07 Å². The largest absolute Gasteiger partial charge is 0.326 e. The molecule has 2 N–H and O–H groups in total. The van der Waals surface area contributed by atoms with Crippen molar-refractivity contribution in [1.82, 2.24) is 14.8 Å². The van der Waals surface area contributed by atoms with E-state index in [0.717, 1.165) is 37.2 Å². The Balaban J connectivity index is 2.01. The van der Waals surface area contributed by atoms with Crippen molar-refractivity contribution in [1.29, 1.82) is 0 Å². The lowest BCUT2D eigenvalue weighted by atomic mass is 10.1. The van der Waals surface area contributed by atoms with Gasteiger partial charge in [-0.3, -0.25) is 0 Å². The number of hydrogen-bond acceptors (Lipinski definition) is 3. The Bertz CT molecular complexity index is 553. The summed E-state index contributed by atoms with van der Waals surface area (Å²) < 4.78 is 15.8. The molecule has 1 aliphatic rings. The summed E-state index contributed by atoms with van der Waals surface area (Å²) in [5.41, 5.74) is 6.72. The second-order valence-electron chi connectivity index (χ2n) is 4.55. The van der Waals surface area contributed by atoms with Crippen LogP contribution in [0.3, 0.4) is 0 Å². The minimum absolute atomic E-state index is 0.305. The van der Waals surface area contributed by atoms with Crippen LogP contribution < -0.4 is 5.73 Å². The van der Waals surface area contributed by atoms with Gasteiger partial charge in [0.25, 0.3) is 0 Å². The summed E-state index contributed by atoms with van der Waals surface area (Å²) >= 11 is 0. The monoisotopic (exact) mass is 246 g/mol. The highest BCUT2D eigenvalue weighted by Crippen LogP contribution is 2.23. The smallest absolute Gasteiger partial charge is 0.184 e. The Hall–Kier alpha value is -1.75. The maximum atomic E-state index is 13.9. The van der Waals surface area contributed by atoms with Crippen LogP contribution in [0.25, 0.3) is 11.4 Å². The minimum atomic E-state index is -0.305. The van der Waals surface area contributed by atoms with E-state index in [4.69, 9.17) is 5.73 Å². The van der Waals surface area contributed by atoms with Gasteiger partial charge in [-0.15, -0.1) is 0 Å². The molecule has 0 saturated heterocycles. The van der Waals surface area contributed by atoms with Crippen LogP contribution in [0.2, 0.25) is 0 Å². The Morgan fingerprint density at radius 2 is 2.22 bits per heavy atom. The van der Waals surface area contributed by atoms with E-state index in [1.807, 2.05) is 10.7 Å². The van der Waals surface area contributed by atoms with Crippen molar-refractivity contribution in [2.75, 3.05) is 0 Å². The summed E-state index contributed by atoms with van der Waals surface area (Å²) in [6, 6.07) is 4.98. The molecule has 2 aromatic rings. The average molecular weight is 246 g/mol. The molecule has 0 unspecified atom stereocenters. The molecule has 5 heteroatoms. The molecular weight excluding hydrogens is 231 g/mol. The minimum Gasteiger partial charge on any atom is -0.326 e. The van der Waals surface area contributed by atoms with Gasteiger partial charge in [0.2, 0.25) is 0 Å². The Morgan fingerprint density at radius 1 is 1.33 bits per heavy atom. The van der Waals surface area contributed by atoms with Gasteiger partial charge < -0.3 is 5.73 Å². The molecule has 1 aromatic heterocycles. The summed E-state index contributed by atoms with van der Waals surface area (Å²) in [7, 11) is 0. The van der Waals surface area contributed by atoms with E-state index >= 15 is 0 Å². The lowest BCUT2D eigenvalue weighted by Gasteiger charge is -2.09. The molecule has 1 aliphatic heterocycles. The van der Waals surface area contributed by atoms with Crippen LogP contribution in [-0.4, -0.2) is 14.8 Å². The van der Waals surface area contributed by atoms with Gasteiger partial charge in [0, 0.05) is 19.5 Å². The van der Waals surface area contributed by atoms with Crippen LogP contribution in [0.4, 0.5) is 4.39 Å². The normalized spacial score (nSPS) is 14.6. The lowest BCUT2D eigenvalue weighted by molar-refractivity contribution is 0.480. The molecule has 18 heavy (non-hydrogen) atoms. The molecular formula is C13H15FN4. The number of nitrogens with two attached hydrogens (primary N) is 1. The van der Waals surface area contributed by atoms with Crippen LogP contribution in [0, 0.1) is 5.82 Å². The van der Waals surface area contributed by atoms with Crippen molar-refractivity contribution < 1.29 is 4.39 Å². The van der Waals surface area contributed by atoms with Gasteiger partial charge in [0.1, 0.15) is 11.6 Å². The molecule has 0 saturated carbocycles. The highest BCUT2D eigenvalue weighted by atomic mass is 19.1. The van der Waals surface area contributed by atoms with Gasteiger partial charge in [-0.25, -0.2) is 14.1 Å². The number of nitrogens with zero attached hydrogens (tertiary/aromatic N) is 3. The van der Waals surface area contributed by atoms with E-state index in [2.05, 4.69) is 10.1 Å². The standard InChI is InChI=1S/C13H15FN4/c14-11-7-9(8-15)4-5-10(11)13-16-12-3-1-2-6-18(12)17-13/h4-5,7H,1-3,6,8,15H2. The third kappa shape index (κ3) is 1.90. The zero-order valence-electron chi connectivity index (χ0n) is 10.1. The third-order valence-corrected chi connectivity index (χ3v) is 3.28. The van der Waals surface area contributed by atoms with Crippen molar-refractivity contribution in [3.05, 3.63) is 35.4 Å². The van der Waals surface area contributed by atoms with Crippen molar-refractivity contribution >= 4 is 0 Å². The third-order valence-electron chi connectivity index (χ3n) is 3.28. The molecule has 0 fully saturated rings. The Morgan fingerprint density at radius 3 is 2.94 bits per heavy atom. The second kappa shape index (κ2) is 4.49. The first kappa shape index (κ1) is 11.3. The molecule has 4 nitrogen and oxygen atoms in total. The lowest BCUT2D eigenvalue weighted by Crippen LogP contribution is -2.11. The fourth-order valence-corrected chi connectivity index (χ4v) is 2.26. The molecule has 0 radical (unpaired) electrons. The quantitative estimate of drug-likeness (QED) is 0.880. The van der Waals surface area contributed by atoms with Gasteiger partial charge >= 0.3 is 0 Å². The topological polar surface area (TPSA) is 56.7 Å². The maximum absolute atomic E-state index is 13.9. The van der Waals surface area contributed by atoms with E-state index in [1.54, 1.807) is 6.07 Å². The molecule has 0 atom stereocenters. The van der Waals surface area contributed by atoms with Gasteiger partial charge in [0.15, 0.2) is 5.82 Å². The molecule has 3 rings (SSSR count). The van der Waals surface area contributed by atoms with Gasteiger partial charge in [-0.05, 0) is 30.5 Å². The van der Waals surface area contributed by atoms with Gasteiger partial charge in [-0.2, -0.15) is 5.10 Å². The fraction of sp³-hybridized carbons (Fsp3) is 0.385. The summed E-state index contributed by atoms with van der Waals surface area (Å²) in [6.07, 6.45) is 3.17. The van der Waals surface area contributed by atoms with E-state index in [0.29, 0.717) is 17.9 Å². The first-order chi connectivity index (χ1) is 8.78. The SMILES string of the molecule is NCc1ccc(-c2nc3n(n2)CCCC3)c(F)c1. The Kier molecular flexibility index (Phi) is 2.83. The molecule has 0 bridgehead atoms. The number of aryl methyl sites for hydroxylation is 2. The van der Waals surface area contributed by atoms with Crippen LogP contribution >= 0.6 is 0 Å². The first-order valence-electron chi connectivity index (χ1n) is 6.20. The summed E-state index contributed by atoms with van der Waals surface area (Å²) in [6.45, 7) is 1.22. The van der Waals surface area contributed by atoms with Crippen molar-refractivity contribution in [3.63, 3.8) is 0 Å². The number of halogens is 1. The van der Waals surface area contributed by atoms with Gasteiger partial charge in [-0.1, -0.05) is 6.07 Å². The summed E-state index contributed by atoms with van der Waals surface area (Å²) in [5.74, 6) is 1.13. The summed E-state index contributed by atoms with van der Waals surface area (Å²) in [4.78, 5) is 4.42. The van der Waals surface area contributed by atoms with E-state index in [9.17, 15) is 4.39 Å². The van der Waals surface area contributed by atoms with E-state index < -0.39 is 0 Å². The van der Waals surface area contributed by atoms with Crippen LogP contribution in [0.15, 0.2) is 18.2 Å². The molecule has 94 valence electrons. The first-order valence-corrected chi connectivity index (χ1v) is 6.20. The fourth-order valence-electron chi connectivity index (χ4n) is 2.26. The second-order valence-corrected chi connectivity index (χ2v) is 4.55. The highest BCUT2D eigenvalue weighted by Gasteiger charge is 2.17. The number of rotatable bonds is 2. The zero-order valence-corrected chi connectivity index (χ0v) is 10.1. The maximum Gasteiger partial charge on any atom is 0.184 e. The van der Waals surface area contributed by atoms with Crippen LogP contribution in [-0.2, 0) is 19.5 Å². The van der Waals surface area contributed by atoms with Crippen molar-refractivity contribution in [2.24, 2.45) is 5.73 Å². The molecule has 0 aliphatic carbocycles. The average Bonchev–Trinajstić information content (AvgIpc) is 2.81. The van der Waals surface area contributed by atoms with Crippen LogP contribution in [0.1, 0.15) is 24.2 Å². The molecule has 0 amide bonds.